The number of non-ortho nitro benzene ring substituents is 1. The summed E-state index contributed by atoms with van der Waals surface area (Å²) >= 11 is 1.39. The Morgan fingerprint density at radius 2 is 1.53 bits per heavy atom. The summed E-state index contributed by atoms with van der Waals surface area (Å²) in [7, 11) is 0. The number of thioether (sulfide) groups is 1. The van der Waals surface area contributed by atoms with Crippen molar-refractivity contribution in [3.8, 4) is 0 Å². The SMILES string of the molecule is O=[N+]([O-])c1ccc(CSc2ccc(/C=N/NC(F)(F)C(F)(F)C(F)(F)F)c3ccccc23)cc1. The number of fused-ring (bicyclic) bond motifs is 1. The Balaban J connectivity index is 1.80. The van der Waals surface area contributed by atoms with Gasteiger partial charge in [0.15, 0.2) is 0 Å². The molecule has 0 atom stereocenters. The van der Waals surface area contributed by atoms with Gasteiger partial charge >= 0.3 is 18.1 Å². The topological polar surface area (TPSA) is 67.5 Å². The maximum Gasteiger partial charge on any atom is 0.462 e. The Kier molecular flexibility index (Phi) is 7.05. The molecule has 34 heavy (non-hydrogen) atoms. The van der Waals surface area contributed by atoms with Gasteiger partial charge in [0.25, 0.3) is 5.69 Å². The summed E-state index contributed by atoms with van der Waals surface area (Å²) in [6.45, 7) is 0. The summed E-state index contributed by atoms with van der Waals surface area (Å²) in [6.07, 6.45) is -5.73. The van der Waals surface area contributed by atoms with Crippen LogP contribution >= 0.6 is 11.8 Å². The number of nitro groups is 1. The molecule has 0 radical (unpaired) electrons. The van der Waals surface area contributed by atoms with Crippen molar-refractivity contribution < 1.29 is 35.7 Å². The largest absolute Gasteiger partial charge is 0.462 e. The van der Waals surface area contributed by atoms with Crippen LogP contribution < -0.4 is 5.43 Å². The van der Waals surface area contributed by atoms with Crippen molar-refractivity contribution >= 4 is 34.4 Å². The first-order chi connectivity index (χ1) is 15.8. The van der Waals surface area contributed by atoms with Gasteiger partial charge in [0.05, 0.1) is 11.1 Å². The quantitative estimate of drug-likeness (QED) is 0.0918. The van der Waals surface area contributed by atoms with Gasteiger partial charge in [-0.25, -0.2) is 5.43 Å². The van der Waals surface area contributed by atoms with Gasteiger partial charge in [-0.1, -0.05) is 42.5 Å². The van der Waals surface area contributed by atoms with Crippen LogP contribution in [0.15, 0.2) is 70.7 Å². The van der Waals surface area contributed by atoms with Crippen LogP contribution in [0, 0.1) is 10.1 Å². The molecule has 3 aromatic rings. The zero-order chi connectivity index (χ0) is 25.1. The van der Waals surface area contributed by atoms with Gasteiger partial charge in [-0.2, -0.15) is 35.8 Å². The van der Waals surface area contributed by atoms with Crippen LogP contribution in [0.2, 0.25) is 0 Å². The molecule has 0 aromatic heterocycles. The maximum atomic E-state index is 13.4. The molecular weight excluding hydrogens is 491 g/mol. The normalized spacial score (nSPS) is 12.9. The van der Waals surface area contributed by atoms with E-state index in [2.05, 4.69) is 5.10 Å². The van der Waals surface area contributed by atoms with Crippen molar-refractivity contribution in [3.63, 3.8) is 0 Å². The average Bonchev–Trinajstić information content (AvgIpc) is 2.77. The second-order valence-electron chi connectivity index (χ2n) is 6.93. The van der Waals surface area contributed by atoms with Gasteiger partial charge in [-0.05, 0) is 22.4 Å². The number of rotatable bonds is 8. The van der Waals surface area contributed by atoms with E-state index in [9.17, 15) is 40.8 Å². The van der Waals surface area contributed by atoms with Crippen LogP contribution in [0.5, 0.6) is 0 Å². The smallest absolute Gasteiger partial charge is 0.258 e. The monoisotopic (exact) mass is 505 g/mol. The van der Waals surface area contributed by atoms with Gasteiger partial charge in [-0.3, -0.25) is 10.1 Å². The van der Waals surface area contributed by atoms with Crippen LogP contribution in [0.4, 0.5) is 36.4 Å². The number of hydrazone groups is 1. The van der Waals surface area contributed by atoms with Gasteiger partial charge in [0.1, 0.15) is 0 Å². The van der Waals surface area contributed by atoms with Crippen LogP contribution in [0.1, 0.15) is 11.1 Å². The van der Waals surface area contributed by atoms with Crippen LogP contribution in [0.25, 0.3) is 10.8 Å². The molecule has 0 spiro atoms. The molecule has 3 aromatic carbocycles. The van der Waals surface area contributed by atoms with E-state index in [0.717, 1.165) is 16.7 Å². The molecule has 0 fully saturated rings. The third kappa shape index (κ3) is 5.24. The van der Waals surface area contributed by atoms with E-state index in [1.165, 1.54) is 30.0 Å². The van der Waals surface area contributed by atoms with E-state index in [-0.39, 0.29) is 11.3 Å². The standard InChI is InChI=1S/C21H14F7N3O2S/c22-19(23,20(24,25)26)21(27,28)30-29-11-14-7-10-18(17-4-2-1-3-16(14)17)34-12-13-5-8-15(9-6-13)31(32)33/h1-11,30H,12H2/b29-11+. The van der Waals surface area contributed by atoms with Crippen LogP contribution in [0.3, 0.4) is 0 Å². The summed E-state index contributed by atoms with van der Waals surface area (Å²) in [5.41, 5.74) is 1.57. The molecule has 0 aliphatic rings. The molecule has 5 nitrogen and oxygen atoms in total. The Morgan fingerprint density at radius 3 is 2.12 bits per heavy atom. The fourth-order valence-electron chi connectivity index (χ4n) is 2.84. The number of nitrogens with one attached hydrogen (secondary N) is 1. The predicted octanol–water partition coefficient (Wildman–Crippen LogP) is 6.75. The van der Waals surface area contributed by atoms with Gasteiger partial charge in [-0.15, -0.1) is 11.8 Å². The predicted molar refractivity (Wildman–Crippen MR) is 113 cm³/mol. The molecule has 0 saturated carbocycles. The lowest BCUT2D eigenvalue weighted by atomic mass is 10.1. The average molecular weight is 505 g/mol. The fraction of sp³-hybridized carbons (Fsp3) is 0.190. The van der Waals surface area contributed by atoms with Crippen LogP contribution in [-0.2, 0) is 5.75 Å². The van der Waals surface area contributed by atoms with Gasteiger partial charge in [0, 0.05) is 28.3 Å². The summed E-state index contributed by atoms with van der Waals surface area (Å²) < 4.78 is 89.4. The molecule has 0 saturated heterocycles. The highest BCUT2D eigenvalue weighted by Crippen LogP contribution is 2.45. The highest BCUT2D eigenvalue weighted by molar-refractivity contribution is 7.98. The number of hydrogen-bond acceptors (Lipinski definition) is 5. The number of benzene rings is 3. The third-order valence-corrected chi connectivity index (χ3v) is 5.76. The van der Waals surface area contributed by atoms with Crippen molar-refractivity contribution in [2.45, 2.75) is 28.8 Å². The van der Waals surface area contributed by atoms with E-state index < -0.39 is 23.1 Å². The highest BCUT2D eigenvalue weighted by Gasteiger charge is 2.73. The number of nitro benzene ring substituents is 1. The van der Waals surface area contributed by atoms with Crippen LogP contribution in [-0.4, -0.2) is 29.3 Å². The van der Waals surface area contributed by atoms with Crippen molar-refractivity contribution in [3.05, 3.63) is 81.9 Å². The molecule has 180 valence electrons. The van der Waals surface area contributed by atoms with Crippen molar-refractivity contribution in [2.24, 2.45) is 5.10 Å². The van der Waals surface area contributed by atoms with E-state index in [1.807, 2.05) is 0 Å². The third-order valence-electron chi connectivity index (χ3n) is 4.62. The molecule has 0 heterocycles. The van der Waals surface area contributed by atoms with Crippen molar-refractivity contribution in [2.75, 3.05) is 0 Å². The first-order valence-corrected chi connectivity index (χ1v) is 10.3. The lowest BCUT2D eigenvalue weighted by Gasteiger charge is -2.27. The Morgan fingerprint density at radius 1 is 0.912 bits per heavy atom. The second kappa shape index (κ2) is 9.49. The molecule has 0 aliphatic carbocycles. The Hall–Kier alpha value is -3.35. The molecule has 0 aliphatic heterocycles. The van der Waals surface area contributed by atoms with E-state index in [4.69, 9.17) is 0 Å². The molecule has 0 unspecified atom stereocenters. The number of hydrogen-bond donors (Lipinski definition) is 1. The molecule has 3 rings (SSSR count). The number of halogens is 7. The fourth-order valence-corrected chi connectivity index (χ4v) is 3.85. The van der Waals surface area contributed by atoms with E-state index in [1.54, 1.807) is 42.5 Å². The number of alkyl halides is 7. The van der Waals surface area contributed by atoms with Crippen molar-refractivity contribution in [1.82, 2.24) is 5.43 Å². The zero-order valence-corrected chi connectivity index (χ0v) is 17.6. The first kappa shape index (κ1) is 25.3. The lowest BCUT2D eigenvalue weighted by molar-refractivity contribution is -0.384. The highest BCUT2D eigenvalue weighted by atomic mass is 32.2. The molecular formula is C21H14F7N3O2S. The summed E-state index contributed by atoms with van der Waals surface area (Å²) in [4.78, 5) is 11.0. The lowest BCUT2D eigenvalue weighted by Crippen LogP contribution is -2.58. The minimum atomic E-state index is -6.46. The molecule has 0 amide bonds. The van der Waals surface area contributed by atoms with E-state index >= 15 is 0 Å². The molecule has 1 N–H and O–H groups in total. The van der Waals surface area contributed by atoms with Gasteiger partial charge in [0.2, 0.25) is 0 Å². The van der Waals surface area contributed by atoms with Gasteiger partial charge < -0.3 is 0 Å². The zero-order valence-electron chi connectivity index (χ0n) is 16.8. The molecule has 13 heteroatoms. The number of nitrogens with zero attached hydrogens (tertiary/aromatic N) is 2. The summed E-state index contributed by atoms with van der Waals surface area (Å²) in [6, 6.07) is 10.0. The molecule has 0 bridgehead atoms. The van der Waals surface area contributed by atoms with Crippen molar-refractivity contribution in [1.29, 1.82) is 0 Å². The summed E-state index contributed by atoms with van der Waals surface area (Å²) in [5.74, 6) is -5.87. The maximum absolute atomic E-state index is 13.4. The Bertz CT molecular complexity index is 1220. The Labute approximate surface area is 191 Å². The minimum absolute atomic E-state index is 0.0463. The van der Waals surface area contributed by atoms with E-state index in [0.29, 0.717) is 22.0 Å². The first-order valence-electron chi connectivity index (χ1n) is 9.34. The summed E-state index contributed by atoms with van der Waals surface area (Å²) in [5, 5.41) is 14.8. The minimum Gasteiger partial charge on any atom is -0.258 e. The second-order valence-corrected chi connectivity index (χ2v) is 7.94.